The predicted molar refractivity (Wildman–Crippen MR) is 51.3 cm³/mol. The number of nitrogens with zero attached hydrogens (tertiary/aromatic N) is 3. The molecule has 3 N–H and O–H groups in total. The van der Waals surface area contributed by atoms with Crippen LogP contribution in [0.25, 0.3) is 0 Å². The van der Waals surface area contributed by atoms with Crippen LogP contribution in [0.3, 0.4) is 0 Å². The van der Waals surface area contributed by atoms with Gasteiger partial charge >= 0.3 is 5.97 Å². The zero-order valence-corrected chi connectivity index (χ0v) is 8.41. The maximum atomic E-state index is 11.2. The number of hydrogen-bond acceptors (Lipinski definition) is 5. The van der Waals surface area contributed by atoms with Crippen LogP contribution in [0.15, 0.2) is 12.4 Å². The Morgan fingerprint density at radius 2 is 2.25 bits per heavy atom. The first kappa shape index (κ1) is 12.1. The number of aryl methyl sites for hydroxylation is 1. The molecule has 1 aromatic heterocycles. The number of aliphatic hydroxyl groups is 1. The molecule has 0 spiro atoms. The number of carboxylic acid groups (broad SMARTS) is 1. The molecule has 0 aliphatic carbocycles. The average molecular weight is 228 g/mol. The fraction of sp³-hybridized carbons (Fsp3) is 0.500. The van der Waals surface area contributed by atoms with Gasteiger partial charge in [0.05, 0.1) is 19.3 Å². The molecule has 88 valence electrons. The monoisotopic (exact) mass is 228 g/mol. The van der Waals surface area contributed by atoms with E-state index in [2.05, 4.69) is 15.6 Å². The van der Waals surface area contributed by atoms with Crippen molar-refractivity contribution in [2.45, 2.75) is 19.1 Å². The minimum atomic E-state index is -1.57. The van der Waals surface area contributed by atoms with Crippen molar-refractivity contribution in [3.8, 4) is 0 Å². The summed E-state index contributed by atoms with van der Waals surface area (Å²) in [6.07, 6.45) is 1.68. The van der Waals surface area contributed by atoms with E-state index in [0.717, 1.165) is 0 Å². The van der Waals surface area contributed by atoms with E-state index >= 15 is 0 Å². The Kier molecular flexibility index (Phi) is 4.40. The number of nitrogens with one attached hydrogen (secondary N) is 1. The fourth-order valence-electron chi connectivity index (χ4n) is 0.954. The maximum Gasteiger partial charge on any atom is 0.334 e. The van der Waals surface area contributed by atoms with Crippen LogP contribution in [0.1, 0.15) is 6.42 Å². The molecule has 1 atom stereocenters. The van der Waals surface area contributed by atoms with Crippen molar-refractivity contribution >= 4 is 11.9 Å². The highest BCUT2D eigenvalue weighted by molar-refractivity contribution is 5.77. The van der Waals surface area contributed by atoms with E-state index < -0.39 is 12.1 Å². The van der Waals surface area contributed by atoms with E-state index in [-0.39, 0.29) is 18.9 Å². The standard InChI is InChI=1S/C8H12N4O4/c13-6(8(15)16)5-9-7(14)1-3-12-4-2-10-11-12/h2,4,6,13H,1,3,5H2,(H,9,14)(H,15,16)/t6-/m0/s1. The molecule has 0 saturated heterocycles. The molecule has 0 aromatic carbocycles. The summed E-state index contributed by atoms with van der Waals surface area (Å²) in [6.45, 7) is 0.0561. The van der Waals surface area contributed by atoms with Gasteiger partial charge in [-0.2, -0.15) is 0 Å². The quantitative estimate of drug-likeness (QED) is 0.530. The lowest BCUT2D eigenvalue weighted by atomic mass is 10.3. The molecule has 0 radical (unpaired) electrons. The van der Waals surface area contributed by atoms with Crippen molar-refractivity contribution in [1.82, 2.24) is 20.3 Å². The van der Waals surface area contributed by atoms with Gasteiger partial charge in [-0.15, -0.1) is 5.10 Å². The molecule has 1 rings (SSSR count). The van der Waals surface area contributed by atoms with Crippen molar-refractivity contribution in [1.29, 1.82) is 0 Å². The summed E-state index contributed by atoms with van der Waals surface area (Å²) in [5, 5.41) is 26.7. The van der Waals surface area contributed by atoms with Crippen molar-refractivity contribution in [3.05, 3.63) is 12.4 Å². The van der Waals surface area contributed by atoms with Gasteiger partial charge in [0.1, 0.15) is 0 Å². The molecule has 0 aliphatic heterocycles. The van der Waals surface area contributed by atoms with Crippen LogP contribution in [0, 0.1) is 0 Å². The summed E-state index contributed by atoms with van der Waals surface area (Å²) in [7, 11) is 0. The number of carbonyl (C=O) groups excluding carboxylic acids is 1. The zero-order chi connectivity index (χ0) is 12.0. The van der Waals surface area contributed by atoms with Crippen LogP contribution < -0.4 is 5.32 Å². The second-order valence-electron chi connectivity index (χ2n) is 3.07. The minimum Gasteiger partial charge on any atom is -0.479 e. The summed E-state index contributed by atoms with van der Waals surface area (Å²) in [5.74, 6) is -1.72. The largest absolute Gasteiger partial charge is 0.479 e. The lowest BCUT2D eigenvalue weighted by Crippen LogP contribution is -2.36. The van der Waals surface area contributed by atoms with E-state index in [9.17, 15) is 9.59 Å². The van der Waals surface area contributed by atoms with Gasteiger partial charge in [0.2, 0.25) is 5.91 Å². The summed E-state index contributed by atoms with van der Waals surface area (Å²) in [6, 6.07) is 0. The van der Waals surface area contributed by atoms with Crippen LogP contribution in [0.4, 0.5) is 0 Å². The van der Waals surface area contributed by atoms with Crippen LogP contribution in [0.2, 0.25) is 0 Å². The maximum absolute atomic E-state index is 11.2. The molecule has 8 nitrogen and oxygen atoms in total. The number of carboxylic acids is 1. The molecule has 0 unspecified atom stereocenters. The summed E-state index contributed by atoms with van der Waals surface area (Å²) in [5.41, 5.74) is 0. The van der Waals surface area contributed by atoms with Gasteiger partial charge in [-0.25, -0.2) is 4.79 Å². The number of amides is 1. The second-order valence-corrected chi connectivity index (χ2v) is 3.07. The van der Waals surface area contributed by atoms with Gasteiger partial charge in [-0.05, 0) is 0 Å². The lowest BCUT2D eigenvalue weighted by molar-refractivity contribution is -0.146. The SMILES string of the molecule is O=C(CCn1ccnn1)NC[C@H](O)C(=O)O. The Morgan fingerprint density at radius 1 is 1.50 bits per heavy atom. The third-order valence-electron chi connectivity index (χ3n) is 1.82. The molecule has 1 amide bonds. The topological polar surface area (TPSA) is 117 Å². The summed E-state index contributed by atoms with van der Waals surface area (Å²) in [4.78, 5) is 21.4. The Labute approximate surface area is 90.9 Å². The molecular weight excluding hydrogens is 216 g/mol. The molecule has 16 heavy (non-hydrogen) atoms. The number of rotatable bonds is 6. The van der Waals surface area contributed by atoms with E-state index in [1.807, 2.05) is 0 Å². The number of aliphatic carboxylic acids is 1. The van der Waals surface area contributed by atoms with E-state index in [1.54, 1.807) is 6.20 Å². The first-order chi connectivity index (χ1) is 7.59. The Balaban J connectivity index is 2.19. The molecule has 0 bridgehead atoms. The van der Waals surface area contributed by atoms with Crippen LogP contribution in [-0.4, -0.2) is 49.7 Å². The summed E-state index contributed by atoms with van der Waals surface area (Å²) >= 11 is 0. The van der Waals surface area contributed by atoms with Crippen molar-refractivity contribution in [3.63, 3.8) is 0 Å². The molecule has 8 heteroatoms. The molecule has 0 saturated carbocycles. The number of aromatic nitrogens is 3. The summed E-state index contributed by atoms with van der Waals surface area (Å²) < 4.78 is 1.48. The van der Waals surface area contributed by atoms with Crippen molar-refractivity contribution < 1.29 is 19.8 Å². The minimum absolute atomic E-state index is 0.149. The number of aliphatic hydroxyl groups excluding tert-OH is 1. The predicted octanol–water partition coefficient (Wildman–Crippen LogP) is -1.77. The third kappa shape index (κ3) is 4.05. The smallest absolute Gasteiger partial charge is 0.334 e. The van der Waals surface area contributed by atoms with Crippen LogP contribution in [-0.2, 0) is 16.1 Å². The molecule has 0 aliphatic rings. The first-order valence-electron chi connectivity index (χ1n) is 4.61. The highest BCUT2D eigenvalue weighted by atomic mass is 16.4. The Bertz CT molecular complexity index is 351. The first-order valence-corrected chi connectivity index (χ1v) is 4.61. The number of carbonyl (C=O) groups is 2. The lowest BCUT2D eigenvalue weighted by Gasteiger charge is -2.07. The van der Waals surface area contributed by atoms with E-state index in [0.29, 0.717) is 6.54 Å². The highest BCUT2D eigenvalue weighted by Crippen LogP contribution is 1.88. The Morgan fingerprint density at radius 3 is 2.81 bits per heavy atom. The van der Waals surface area contributed by atoms with Crippen molar-refractivity contribution in [2.75, 3.05) is 6.54 Å². The van der Waals surface area contributed by atoms with Gasteiger partial charge in [-0.1, -0.05) is 5.21 Å². The zero-order valence-electron chi connectivity index (χ0n) is 8.41. The Hall–Kier alpha value is -1.96. The van der Waals surface area contributed by atoms with E-state index in [4.69, 9.17) is 10.2 Å². The molecule has 1 aromatic rings. The van der Waals surface area contributed by atoms with Gasteiger partial charge in [0.25, 0.3) is 0 Å². The third-order valence-corrected chi connectivity index (χ3v) is 1.82. The van der Waals surface area contributed by atoms with E-state index in [1.165, 1.54) is 10.9 Å². The molecule has 0 fully saturated rings. The molecular formula is C8H12N4O4. The van der Waals surface area contributed by atoms with Crippen LogP contribution in [0.5, 0.6) is 0 Å². The van der Waals surface area contributed by atoms with Gasteiger partial charge < -0.3 is 15.5 Å². The normalized spacial score (nSPS) is 12.1. The highest BCUT2D eigenvalue weighted by Gasteiger charge is 2.13. The van der Waals surface area contributed by atoms with Gasteiger partial charge in [-0.3, -0.25) is 9.48 Å². The molecule has 1 heterocycles. The average Bonchev–Trinajstić information content (AvgIpc) is 2.75. The van der Waals surface area contributed by atoms with Crippen molar-refractivity contribution in [2.24, 2.45) is 0 Å². The van der Waals surface area contributed by atoms with Gasteiger partial charge in [0, 0.05) is 12.6 Å². The number of hydrogen-bond donors (Lipinski definition) is 3. The van der Waals surface area contributed by atoms with Crippen LogP contribution >= 0.6 is 0 Å². The second kappa shape index (κ2) is 5.81. The fourth-order valence-corrected chi connectivity index (χ4v) is 0.954. The van der Waals surface area contributed by atoms with Gasteiger partial charge in [0.15, 0.2) is 6.10 Å².